The molecule has 0 atom stereocenters. The second-order valence-corrected chi connectivity index (χ2v) is 10.5. The molecule has 0 bridgehead atoms. The van der Waals surface area contributed by atoms with Crippen molar-refractivity contribution >= 4 is 0 Å². The van der Waals surface area contributed by atoms with E-state index >= 15 is 0 Å². The Hall–Kier alpha value is -4.48. The van der Waals surface area contributed by atoms with Crippen LogP contribution in [0.25, 0.3) is 11.1 Å². The quantitative estimate of drug-likeness (QED) is 0.289. The second-order valence-electron chi connectivity index (χ2n) is 10.5. The lowest BCUT2D eigenvalue weighted by atomic mass is 9.90. The molecule has 0 aliphatic rings. The van der Waals surface area contributed by atoms with Crippen molar-refractivity contribution in [2.45, 2.75) is 59.8 Å². The molecule has 0 spiro atoms. The lowest BCUT2D eigenvalue weighted by Crippen LogP contribution is -2.26. The topological polar surface area (TPSA) is 95.8 Å². The van der Waals surface area contributed by atoms with Gasteiger partial charge in [-0.1, -0.05) is 36.8 Å². The minimum Gasteiger partial charge on any atom is -0.493 e. The third kappa shape index (κ3) is 6.56. The minimum atomic E-state index is -0.887. The Morgan fingerprint density at radius 2 is 1.65 bits per heavy atom. The van der Waals surface area contributed by atoms with Crippen LogP contribution in [0.2, 0.25) is 0 Å². The Bertz CT molecular complexity index is 1640. The van der Waals surface area contributed by atoms with Gasteiger partial charge in [0.2, 0.25) is 0 Å². The third-order valence-electron chi connectivity index (χ3n) is 6.75. The van der Waals surface area contributed by atoms with Gasteiger partial charge in [0.25, 0.3) is 0 Å². The Kier molecular flexibility index (Phi) is 8.36. The van der Waals surface area contributed by atoms with E-state index in [1.165, 1.54) is 5.56 Å². The molecule has 0 unspecified atom stereocenters. The first kappa shape index (κ1) is 28.5. The van der Waals surface area contributed by atoms with Crippen molar-refractivity contribution in [3.8, 4) is 35.1 Å². The molecular formula is C32H34N2O6. The average molecular weight is 543 g/mol. The van der Waals surface area contributed by atoms with Gasteiger partial charge in [-0.15, -0.1) is 9.31 Å². The van der Waals surface area contributed by atoms with Crippen molar-refractivity contribution in [2.24, 2.45) is 0 Å². The molecule has 40 heavy (non-hydrogen) atoms. The Morgan fingerprint density at radius 1 is 0.975 bits per heavy atom. The number of hydrogen-bond donors (Lipinski definition) is 1. The minimum absolute atomic E-state index is 0.0755. The summed E-state index contributed by atoms with van der Waals surface area (Å²) in [5.74, 6) is 0.578. The SMILES string of the molecule is C#Cn1c(=O)on(Cc2ccc(OCc3cccc(-c4c(C)cc(OCCC(C)(C)O)cc4C)c3C)cc2)c1=O. The zero-order valence-electron chi connectivity index (χ0n) is 23.5. The molecule has 0 radical (unpaired) electrons. The molecule has 4 rings (SSSR count). The van der Waals surface area contributed by atoms with Gasteiger partial charge in [0.1, 0.15) is 18.1 Å². The molecule has 0 aliphatic heterocycles. The smallest absolute Gasteiger partial charge is 0.454 e. The van der Waals surface area contributed by atoms with Crippen LogP contribution in [-0.2, 0) is 13.2 Å². The van der Waals surface area contributed by atoms with Crippen molar-refractivity contribution in [1.82, 2.24) is 9.31 Å². The van der Waals surface area contributed by atoms with Crippen molar-refractivity contribution in [3.63, 3.8) is 0 Å². The van der Waals surface area contributed by atoms with E-state index < -0.39 is 17.0 Å². The largest absolute Gasteiger partial charge is 0.493 e. The molecule has 8 heteroatoms. The summed E-state index contributed by atoms with van der Waals surface area (Å²) >= 11 is 0. The fraction of sp³-hybridized carbons (Fsp3) is 0.312. The summed E-state index contributed by atoms with van der Waals surface area (Å²) in [6.45, 7) is 10.7. The zero-order chi connectivity index (χ0) is 29.0. The third-order valence-corrected chi connectivity index (χ3v) is 6.75. The Morgan fingerprint density at radius 3 is 2.25 bits per heavy atom. The highest BCUT2D eigenvalue weighted by Gasteiger charge is 2.15. The van der Waals surface area contributed by atoms with Crippen LogP contribution in [0, 0.1) is 33.2 Å². The first-order valence-corrected chi connectivity index (χ1v) is 13.0. The first-order chi connectivity index (χ1) is 19.0. The molecule has 0 amide bonds. The summed E-state index contributed by atoms with van der Waals surface area (Å²) in [6, 6.07) is 19.5. The van der Waals surface area contributed by atoms with Crippen molar-refractivity contribution in [3.05, 3.63) is 103 Å². The molecule has 0 saturated heterocycles. The monoisotopic (exact) mass is 542 g/mol. The molecule has 1 aromatic heterocycles. The van der Waals surface area contributed by atoms with Gasteiger partial charge in [0.15, 0.2) is 0 Å². The van der Waals surface area contributed by atoms with Gasteiger partial charge in [-0.05, 0) is 97.8 Å². The predicted molar refractivity (Wildman–Crippen MR) is 154 cm³/mol. The Labute approximate surface area is 233 Å². The van der Waals surface area contributed by atoms with Gasteiger partial charge in [-0.25, -0.2) is 9.59 Å². The molecule has 1 N–H and O–H groups in total. The first-order valence-electron chi connectivity index (χ1n) is 13.0. The summed E-state index contributed by atoms with van der Waals surface area (Å²) in [5.41, 5.74) is 6.03. The summed E-state index contributed by atoms with van der Waals surface area (Å²) < 4.78 is 18.4. The molecule has 0 fully saturated rings. The predicted octanol–water partition coefficient (Wildman–Crippen LogP) is 4.80. The summed E-state index contributed by atoms with van der Waals surface area (Å²) in [6.07, 6.45) is 5.72. The van der Waals surface area contributed by atoms with E-state index in [0.717, 1.165) is 43.9 Å². The molecule has 0 aliphatic carbocycles. The van der Waals surface area contributed by atoms with E-state index in [1.54, 1.807) is 38.1 Å². The molecule has 208 valence electrons. The van der Waals surface area contributed by atoms with Crippen LogP contribution < -0.4 is 20.9 Å². The summed E-state index contributed by atoms with van der Waals surface area (Å²) in [4.78, 5) is 23.7. The van der Waals surface area contributed by atoms with E-state index in [2.05, 4.69) is 32.9 Å². The lowest BCUT2D eigenvalue weighted by molar-refractivity contribution is 0.0553. The van der Waals surface area contributed by atoms with Gasteiger partial charge in [0.05, 0.1) is 18.8 Å². The van der Waals surface area contributed by atoms with Crippen LogP contribution in [0.1, 0.15) is 48.1 Å². The van der Waals surface area contributed by atoms with Crippen molar-refractivity contribution in [1.29, 1.82) is 0 Å². The fourth-order valence-corrected chi connectivity index (χ4v) is 4.55. The van der Waals surface area contributed by atoms with Gasteiger partial charge in [-0.3, -0.25) is 0 Å². The number of terminal acetylenes is 1. The molecule has 8 nitrogen and oxygen atoms in total. The number of aromatic nitrogens is 2. The van der Waals surface area contributed by atoms with E-state index in [4.69, 9.17) is 20.4 Å². The highest BCUT2D eigenvalue weighted by atomic mass is 16.5. The van der Waals surface area contributed by atoms with Crippen LogP contribution in [0.3, 0.4) is 0 Å². The number of hydrogen-bond acceptors (Lipinski definition) is 6. The van der Waals surface area contributed by atoms with E-state index in [0.29, 0.717) is 30.0 Å². The van der Waals surface area contributed by atoms with Gasteiger partial charge >= 0.3 is 11.4 Å². The van der Waals surface area contributed by atoms with Gasteiger partial charge < -0.3 is 19.1 Å². The van der Waals surface area contributed by atoms with Crippen LogP contribution >= 0.6 is 0 Å². The standard InChI is InChI=1S/C32H34N2O6/c1-7-33-30(35)34(40-31(33)36)19-24-11-13-26(14-12-24)39-20-25-9-8-10-28(23(25)4)29-21(2)17-27(18-22(29)3)38-16-15-32(5,6)37/h1,8-14,17-18,37H,15-16,19-20H2,2-6H3. The van der Waals surface area contributed by atoms with Gasteiger partial charge in [-0.2, -0.15) is 0 Å². The fourth-order valence-electron chi connectivity index (χ4n) is 4.55. The van der Waals surface area contributed by atoms with Crippen LogP contribution in [0.5, 0.6) is 11.5 Å². The number of nitrogens with zero attached hydrogens (tertiary/aromatic N) is 2. The molecular weight excluding hydrogens is 508 g/mol. The second kappa shape index (κ2) is 11.7. The van der Waals surface area contributed by atoms with Crippen molar-refractivity contribution < 1.29 is 19.1 Å². The van der Waals surface area contributed by atoms with E-state index in [9.17, 15) is 14.7 Å². The molecule has 3 aromatic carbocycles. The molecule has 4 aromatic rings. The van der Waals surface area contributed by atoms with Crippen LogP contribution in [0.15, 0.2) is 68.7 Å². The van der Waals surface area contributed by atoms with Crippen molar-refractivity contribution in [2.75, 3.05) is 6.61 Å². The summed E-state index contributed by atoms with van der Waals surface area (Å²) in [5, 5.41) is 9.94. The average Bonchev–Trinajstić information content (AvgIpc) is 3.15. The molecule has 0 saturated carbocycles. The summed E-state index contributed by atoms with van der Waals surface area (Å²) in [7, 11) is 0. The number of aryl methyl sites for hydroxylation is 2. The maximum Gasteiger partial charge on any atom is 0.454 e. The van der Waals surface area contributed by atoms with Crippen LogP contribution in [0.4, 0.5) is 0 Å². The lowest BCUT2D eigenvalue weighted by Gasteiger charge is -2.19. The highest BCUT2D eigenvalue weighted by Crippen LogP contribution is 2.34. The van der Waals surface area contributed by atoms with E-state index in [1.807, 2.05) is 24.2 Å². The maximum atomic E-state index is 12.1. The number of ether oxygens (including phenoxy) is 2. The zero-order valence-corrected chi connectivity index (χ0v) is 23.5. The highest BCUT2D eigenvalue weighted by molar-refractivity contribution is 5.75. The Balaban J connectivity index is 1.45. The number of benzene rings is 3. The van der Waals surface area contributed by atoms with Gasteiger partial charge in [0, 0.05) is 12.5 Å². The normalized spacial score (nSPS) is 11.3. The van der Waals surface area contributed by atoms with E-state index in [-0.39, 0.29) is 6.54 Å². The molecule has 1 heterocycles. The number of aliphatic hydroxyl groups is 1. The number of rotatable bonds is 10. The van der Waals surface area contributed by atoms with Crippen LogP contribution in [-0.4, -0.2) is 26.6 Å². The maximum absolute atomic E-state index is 12.1.